The summed E-state index contributed by atoms with van der Waals surface area (Å²) in [5, 5.41) is 10.1. The molecular formula is C7H13NO4. The SMILES string of the molecule is CCCC(=O)OCC(C)[N+](=O)[O-]. The topological polar surface area (TPSA) is 69.4 Å². The molecule has 0 aromatic heterocycles. The van der Waals surface area contributed by atoms with E-state index >= 15 is 0 Å². The maximum absolute atomic E-state index is 10.7. The van der Waals surface area contributed by atoms with Gasteiger partial charge in [-0.3, -0.25) is 14.9 Å². The van der Waals surface area contributed by atoms with Crippen molar-refractivity contribution in [3.8, 4) is 0 Å². The van der Waals surface area contributed by atoms with E-state index in [2.05, 4.69) is 4.74 Å². The summed E-state index contributed by atoms with van der Waals surface area (Å²) in [5.41, 5.74) is 0. The fourth-order valence-electron chi connectivity index (χ4n) is 0.551. The fourth-order valence-corrected chi connectivity index (χ4v) is 0.551. The van der Waals surface area contributed by atoms with Crippen LogP contribution in [0.2, 0.25) is 0 Å². The predicted molar refractivity (Wildman–Crippen MR) is 42.3 cm³/mol. The van der Waals surface area contributed by atoms with Crippen LogP contribution in [0.3, 0.4) is 0 Å². The van der Waals surface area contributed by atoms with Gasteiger partial charge in [-0.05, 0) is 6.42 Å². The summed E-state index contributed by atoms with van der Waals surface area (Å²) < 4.78 is 4.62. The van der Waals surface area contributed by atoms with Gasteiger partial charge in [0.05, 0.1) is 0 Å². The van der Waals surface area contributed by atoms with E-state index in [1.807, 2.05) is 6.92 Å². The number of carbonyl (C=O) groups excluding carboxylic acids is 1. The average molecular weight is 175 g/mol. The number of nitro groups is 1. The Kier molecular flexibility index (Phi) is 4.99. The summed E-state index contributed by atoms with van der Waals surface area (Å²) in [6.07, 6.45) is 1.02. The van der Waals surface area contributed by atoms with Crippen LogP contribution in [0.4, 0.5) is 0 Å². The Hall–Kier alpha value is -1.13. The highest BCUT2D eigenvalue weighted by Crippen LogP contribution is 1.94. The van der Waals surface area contributed by atoms with Crippen molar-refractivity contribution in [3.63, 3.8) is 0 Å². The van der Waals surface area contributed by atoms with Crippen LogP contribution in [0, 0.1) is 10.1 Å². The highest BCUT2D eigenvalue weighted by Gasteiger charge is 2.14. The molecule has 0 N–H and O–H groups in total. The minimum absolute atomic E-state index is 0.133. The lowest BCUT2D eigenvalue weighted by Crippen LogP contribution is -2.23. The summed E-state index contributed by atoms with van der Waals surface area (Å²) in [5.74, 6) is -0.369. The summed E-state index contributed by atoms with van der Waals surface area (Å²) in [7, 11) is 0. The molecule has 0 saturated heterocycles. The molecule has 0 heterocycles. The minimum atomic E-state index is -0.814. The molecule has 5 nitrogen and oxygen atoms in total. The molecule has 0 aromatic carbocycles. The van der Waals surface area contributed by atoms with Gasteiger partial charge in [0.1, 0.15) is 0 Å². The van der Waals surface area contributed by atoms with Crippen molar-refractivity contribution in [1.82, 2.24) is 0 Å². The number of esters is 1. The zero-order valence-corrected chi connectivity index (χ0v) is 7.28. The lowest BCUT2D eigenvalue weighted by Gasteiger charge is -2.04. The van der Waals surface area contributed by atoms with Crippen LogP contribution >= 0.6 is 0 Å². The molecular weight excluding hydrogens is 162 g/mol. The lowest BCUT2D eigenvalue weighted by molar-refractivity contribution is -0.520. The van der Waals surface area contributed by atoms with E-state index in [9.17, 15) is 14.9 Å². The van der Waals surface area contributed by atoms with E-state index in [1.165, 1.54) is 6.92 Å². The van der Waals surface area contributed by atoms with Gasteiger partial charge in [0.2, 0.25) is 6.04 Å². The van der Waals surface area contributed by atoms with Gasteiger partial charge in [-0.2, -0.15) is 0 Å². The second-order valence-electron chi connectivity index (χ2n) is 2.57. The Balaban J connectivity index is 3.54. The van der Waals surface area contributed by atoms with E-state index < -0.39 is 11.0 Å². The van der Waals surface area contributed by atoms with Crippen LogP contribution in [0.1, 0.15) is 26.7 Å². The molecule has 0 aliphatic heterocycles. The summed E-state index contributed by atoms with van der Waals surface area (Å²) in [6, 6.07) is -0.814. The van der Waals surface area contributed by atoms with E-state index in [4.69, 9.17) is 0 Å². The van der Waals surface area contributed by atoms with Crippen molar-refractivity contribution in [1.29, 1.82) is 0 Å². The van der Waals surface area contributed by atoms with Crippen molar-refractivity contribution in [2.45, 2.75) is 32.7 Å². The predicted octanol–water partition coefficient (Wildman–Crippen LogP) is 0.995. The van der Waals surface area contributed by atoms with Gasteiger partial charge in [-0.15, -0.1) is 0 Å². The van der Waals surface area contributed by atoms with Crippen LogP contribution in [0.15, 0.2) is 0 Å². The number of carbonyl (C=O) groups is 1. The van der Waals surface area contributed by atoms with E-state index in [0.29, 0.717) is 12.8 Å². The Labute approximate surface area is 70.9 Å². The molecule has 1 atom stereocenters. The standard InChI is InChI=1S/C7H13NO4/c1-3-4-7(9)12-5-6(2)8(10)11/h6H,3-5H2,1-2H3. The van der Waals surface area contributed by atoms with Crippen molar-refractivity contribution in [2.75, 3.05) is 6.61 Å². The number of hydrogen-bond acceptors (Lipinski definition) is 4. The molecule has 0 rings (SSSR count). The molecule has 70 valence electrons. The zero-order valence-electron chi connectivity index (χ0n) is 7.28. The van der Waals surface area contributed by atoms with Crippen LogP contribution in [0.5, 0.6) is 0 Å². The Morgan fingerprint density at radius 2 is 2.25 bits per heavy atom. The highest BCUT2D eigenvalue weighted by molar-refractivity contribution is 5.69. The quantitative estimate of drug-likeness (QED) is 0.355. The second kappa shape index (κ2) is 5.51. The van der Waals surface area contributed by atoms with Gasteiger partial charge in [-0.25, -0.2) is 0 Å². The first-order chi connectivity index (χ1) is 5.57. The Morgan fingerprint density at radius 1 is 1.67 bits per heavy atom. The van der Waals surface area contributed by atoms with Crippen molar-refractivity contribution >= 4 is 5.97 Å². The smallest absolute Gasteiger partial charge is 0.306 e. The van der Waals surface area contributed by atoms with Crippen LogP contribution < -0.4 is 0 Å². The molecule has 0 saturated carbocycles. The lowest BCUT2D eigenvalue weighted by atomic mass is 10.3. The number of ether oxygens (including phenoxy) is 1. The highest BCUT2D eigenvalue weighted by atomic mass is 16.6. The molecule has 0 fully saturated rings. The average Bonchev–Trinajstić information content (AvgIpc) is 2.00. The van der Waals surface area contributed by atoms with Crippen molar-refractivity contribution < 1.29 is 14.5 Å². The molecule has 0 amide bonds. The summed E-state index contributed by atoms with van der Waals surface area (Å²) >= 11 is 0. The van der Waals surface area contributed by atoms with Crippen LogP contribution in [0.25, 0.3) is 0 Å². The van der Waals surface area contributed by atoms with Crippen molar-refractivity contribution in [2.24, 2.45) is 0 Å². The van der Waals surface area contributed by atoms with Crippen LogP contribution in [-0.4, -0.2) is 23.5 Å². The van der Waals surface area contributed by atoms with Gasteiger partial charge in [0, 0.05) is 18.3 Å². The fraction of sp³-hybridized carbons (Fsp3) is 0.857. The van der Waals surface area contributed by atoms with E-state index in [-0.39, 0.29) is 12.6 Å². The molecule has 0 aliphatic rings. The van der Waals surface area contributed by atoms with E-state index in [0.717, 1.165) is 0 Å². The summed E-state index contributed by atoms with van der Waals surface area (Å²) in [4.78, 5) is 20.3. The number of nitrogens with zero attached hydrogens (tertiary/aromatic N) is 1. The van der Waals surface area contributed by atoms with Gasteiger partial charge >= 0.3 is 5.97 Å². The first kappa shape index (κ1) is 10.9. The van der Waals surface area contributed by atoms with Gasteiger partial charge < -0.3 is 4.74 Å². The molecule has 0 aromatic rings. The van der Waals surface area contributed by atoms with Crippen molar-refractivity contribution in [3.05, 3.63) is 10.1 Å². The molecule has 0 aliphatic carbocycles. The molecule has 1 unspecified atom stereocenters. The second-order valence-corrected chi connectivity index (χ2v) is 2.57. The molecule has 0 spiro atoms. The monoisotopic (exact) mass is 175 g/mol. The maximum atomic E-state index is 10.7. The third kappa shape index (κ3) is 4.65. The largest absolute Gasteiger partial charge is 0.458 e. The third-order valence-electron chi connectivity index (χ3n) is 1.30. The Bertz CT molecular complexity index is 169. The third-order valence-corrected chi connectivity index (χ3v) is 1.30. The maximum Gasteiger partial charge on any atom is 0.306 e. The minimum Gasteiger partial charge on any atom is -0.458 e. The molecule has 0 radical (unpaired) electrons. The van der Waals surface area contributed by atoms with Crippen LogP contribution in [-0.2, 0) is 9.53 Å². The van der Waals surface area contributed by atoms with E-state index in [1.54, 1.807) is 0 Å². The first-order valence-electron chi connectivity index (χ1n) is 3.87. The van der Waals surface area contributed by atoms with Gasteiger partial charge in [0.25, 0.3) is 0 Å². The zero-order chi connectivity index (χ0) is 9.56. The normalized spacial score (nSPS) is 12.2. The molecule has 12 heavy (non-hydrogen) atoms. The molecule has 0 bridgehead atoms. The number of hydrogen-bond donors (Lipinski definition) is 0. The van der Waals surface area contributed by atoms with Gasteiger partial charge in [-0.1, -0.05) is 6.92 Å². The Morgan fingerprint density at radius 3 is 2.67 bits per heavy atom. The summed E-state index contributed by atoms with van der Waals surface area (Å²) in [6.45, 7) is 3.11. The van der Waals surface area contributed by atoms with Gasteiger partial charge in [0.15, 0.2) is 6.61 Å². The first-order valence-corrected chi connectivity index (χ1v) is 3.87. The number of rotatable bonds is 5. The molecule has 5 heteroatoms.